The second-order valence-corrected chi connectivity index (χ2v) is 4.98. The minimum atomic E-state index is 0.287. The van der Waals surface area contributed by atoms with E-state index in [1.165, 1.54) is 0 Å². The van der Waals surface area contributed by atoms with E-state index in [1.54, 1.807) is 12.1 Å². The molecule has 0 spiro atoms. The highest BCUT2D eigenvalue weighted by Crippen LogP contribution is 2.27. The summed E-state index contributed by atoms with van der Waals surface area (Å²) in [6.07, 6.45) is 2.23. The zero-order valence-corrected chi connectivity index (χ0v) is 11.6. The van der Waals surface area contributed by atoms with E-state index in [9.17, 15) is 5.11 Å². The van der Waals surface area contributed by atoms with Gasteiger partial charge in [-0.1, -0.05) is 43.7 Å². The third-order valence-corrected chi connectivity index (χ3v) is 3.50. The molecule has 0 saturated heterocycles. The molecular formula is C17H18N2O. The highest BCUT2D eigenvalue weighted by atomic mass is 16.3. The summed E-state index contributed by atoms with van der Waals surface area (Å²) in [5.41, 5.74) is 3.04. The van der Waals surface area contributed by atoms with Crippen LogP contribution in [0.3, 0.4) is 0 Å². The smallest absolute Gasteiger partial charge is 0.141 e. The SMILES string of the molecule is CCCCn1c(-c2ccccc2)nc2ccc(O)cc21. The summed E-state index contributed by atoms with van der Waals surface area (Å²) in [5, 5.41) is 9.72. The molecule has 102 valence electrons. The molecule has 0 bridgehead atoms. The van der Waals surface area contributed by atoms with E-state index in [0.717, 1.165) is 41.8 Å². The quantitative estimate of drug-likeness (QED) is 0.768. The van der Waals surface area contributed by atoms with Gasteiger partial charge in [-0.2, -0.15) is 0 Å². The van der Waals surface area contributed by atoms with E-state index in [2.05, 4.69) is 23.6 Å². The van der Waals surface area contributed by atoms with Crippen LogP contribution in [0.5, 0.6) is 5.75 Å². The van der Waals surface area contributed by atoms with E-state index in [0.29, 0.717) is 0 Å². The number of imidazole rings is 1. The zero-order chi connectivity index (χ0) is 13.9. The number of unbranched alkanes of at least 4 members (excludes halogenated alkanes) is 1. The largest absolute Gasteiger partial charge is 0.508 e. The lowest BCUT2D eigenvalue weighted by Gasteiger charge is -2.08. The summed E-state index contributed by atoms with van der Waals surface area (Å²) in [5.74, 6) is 1.26. The second kappa shape index (κ2) is 5.37. The number of nitrogens with zero attached hydrogens (tertiary/aromatic N) is 2. The minimum absolute atomic E-state index is 0.287. The maximum Gasteiger partial charge on any atom is 0.141 e. The Bertz CT molecular complexity index is 716. The van der Waals surface area contributed by atoms with Crippen molar-refractivity contribution in [3.05, 3.63) is 48.5 Å². The average Bonchev–Trinajstić information content (AvgIpc) is 2.84. The molecule has 0 aliphatic heterocycles. The van der Waals surface area contributed by atoms with Crippen LogP contribution >= 0.6 is 0 Å². The van der Waals surface area contributed by atoms with E-state index in [-0.39, 0.29) is 5.75 Å². The zero-order valence-electron chi connectivity index (χ0n) is 11.6. The van der Waals surface area contributed by atoms with Gasteiger partial charge >= 0.3 is 0 Å². The number of aryl methyl sites for hydroxylation is 1. The molecule has 0 fully saturated rings. The Hall–Kier alpha value is -2.29. The number of phenolic OH excluding ortho intramolecular Hbond substituents is 1. The van der Waals surface area contributed by atoms with Crippen molar-refractivity contribution in [2.75, 3.05) is 0 Å². The number of phenols is 1. The highest BCUT2D eigenvalue weighted by Gasteiger charge is 2.12. The number of fused-ring (bicyclic) bond motifs is 1. The van der Waals surface area contributed by atoms with E-state index >= 15 is 0 Å². The fourth-order valence-electron chi connectivity index (χ4n) is 2.46. The minimum Gasteiger partial charge on any atom is -0.508 e. The van der Waals surface area contributed by atoms with Gasteiger partial charge in [-0.15, -0.1) is 0 Å². The number of aromatic hydroxyl groups is 1. The van der Waals surface area contributed by atoms with Gasteiger partial charge in [0.15, 0.2) is 0 Å². The molecule has 1 aromatic heterocycles. The third-order valence-electron chi connectivity index (χ3n) is 3.50. The Balaban J connectivity index is 2.19. The monoisotopic (exact) mass is 266 g/mol. The van der Waals surface area contributed by atoms with Crippen molar-refractivity contribution in [1.82, 2.24) is 9.55 Å². The first-order valence-electron chi connectivity index (χ1n) is 7.04. The summed E-state index contributed by atoms with van der Waals surface area (Å²) in [6, 6.07) is 15.6. The molecule has 1 N–H and O–H groups in total. The molecule has 0 unspecified atom stereocenters. The molecule has 0 atom stereocenters. The van der Waals surface area contributed by atoms with Crippen molar-refractivity contribution in [3.8, 4) is 17.1 Å². The lowest BCUT2D eigenvalue weighted by Crippen LogP contribution is -2.00. The fraction of sp³-hybridized carbons (Fsp3) is 0.235. The van der Waals surface area contributed by atoms with Crippen molar-refractivity contribution in [3.63, 3.8) is 0 Å². The van der Waals surface area contributed by atoms with Crippen molar-refractivity contribution in [2.24, 2.45) is 0 Å². The first kappa shape index (κ1) is 12.7. The van der Waals surface area contributed by atoms with Gasteiger partial charge in [-0.3, -0.25) is 0 Å². The summed E-state index contributed by atoms with van der Waals surface area (Å²) < 4.78 is 2.20. The highest BCUT2D eigenvalue weighted by molar-refractivity contribution is 5.81. The van der Waals surface area contributed by atoms with Crippen LogP contribution in [0, 0.1) is 0 Å². The third kappa shape index (κ3) is 2.27. The van der Waals surface area contributed by atoms with Gasteiger partial charge in [0.2, 0.25) is 0 Å². The van der Waals surface area contributed by atoms with Crippen molar-refractivity contribution >= 4 is 11.0 Å². The van der Waals surface area contributed by atoms with Gasteiger partial charge in [0.25, 0.3) is 0 Å². The lowest BCUT2D eigenvalue weighted by atomic mass is 10.2. The predicted molar refractivity (Wildman–Crippen MR) is 81.7 cm³/mol. The van der Waals surface area contributed by atoms with Crippen LogP contribution in [0.1, 0.15) is 19.8 Å². The Morgan fingerprint density at radius 3 is 2.65 bits per heavy atom. The van der Waals surface area contributed by atoms with Crippen LogP contribution in [-0.2, 0) is 6.54 Å². The molecule has 0 aliphatic rings. The van der Waals surface area contributed by atoms with Crippen molar-refractivity contribution in [1.29, 1.82) is 0 Å². The molecule has 0 radical (unpaired) electrons. The number of aromatic nitrogens is 2. The standard InChI is InChI=1S/C17H18N2O/c1-2-3-11-19-16-12-14(20)9-10-15(16)18-17(19)13-7-5-4-6-8-13/h4-10,12,20H,2-3,11H2,1H3. The van der Waals surface area contributed by atoms with Crippen LogP contribution in [0.2, 0.25) is 0 Å². The van der Waals surface area contributed by atoms with E-state index in [1.807, 2.05) is 24.3 Å². The number of benzene rings is 2. The van der Waals surface area contributed by atoms with Crippen LogP contribution in [0.25, 0.3) is 22.4 Å². The van der Waals surface area contributed by atoms with Crippen LogP contribution in [0.15, 0.2) is 48.5 Å². The summed E-state index contributed by atoms with van der Waals surface area (Å²) in [7, 11) is 0. The van der Waals surface area contributed by atoms with Gasteiger partial charge < -0.3 is 9.67 Å². The van der Waals surface area contributed by atoms with Gasteiger partial charge in [0.05, 0.1) is 11.0 Å². The van der Waals surface area contributed by atoms with Crippen LogP contribution < -0.4 is 0 Å². The Kier molecular flexibility index (Phi) is 3.42. The van der Waals surface area contributed by atoms with Crippen molar-refractivity contribution < 1.29 is 5.11 Å². The normalized spacial score (nSPS) is 11.1. The maximum absolute atomic E-state index is 9.72. The number of rotatable bonds is 4. The summed E-state index contributed by atoms with van der Waals surface area (Å²) >= 11 is 0. The Morgan fingerprint density at radius 2 is 1.90 bits per heavy atom. The van der Waals surface area contributed by atoms with Crippen LogP contribution in [-0.4, -0.2) is 14.7 Å². The number of hydrogen-bond donors (Lipinski definition) is 1. The van der Waals surface area contributed by atoms with Crippen LogP contribution in [0.4, 0.5) is 0 Å². The van der Waals surface area contributed by atoms with Gasteiger partial charge in [0.1, 0.15) is 11.6 Å². The molecule has 20 heavy (non-hydrogen) atoms. The molecule has 3 aromatic rings. The first-order valence-corrected chi connectivity index (χ1v) is 7.04. The molecule has 0 amide bonds. The average molecular weight is 266 g/mol. The summed E-state index contributed by atoms with van der Waals surface area (Å²) in [4.78, 5) is 4.73. The number of hydrogen-bond acceptors (Lipinski definition) is 2. The molecule has 0 saturated carbocycles. The van der Waals surface area contributed by atoms with Gasteiger partial charge in [-0.05, 0) is 18.6 Å². The van der Waals surface area contributed by atoms with E-state index in [4.69, 9.17) is 4.98 Å². The molecule has 0 aliphatic carbocycles. The predicted octanol–water partition coefficient (Wildman–Crippen LogP) is 4.21. The molecule has 3 nitrogen and oxygen atoms in total. The molecule has 2 aromatic carbocycles. The first-order chi connectivity index (χ1) is 9.79. The lowest BCUT2D eigenvalue weighted by molar-refractivity contribution is 0.475. The van der Waals surface area contributed by atoms with Gasteiger partial charge in [0, 0.05) is 18.2 Å². The fourth-order valence-corrected chi connectivity index (χ4v) is 2.46. The molecule has 3 heteroatoms. The topological polar surface area (TPSA) is 38.0 Å². The Morgan fingerprint density at radius 1 is 1.10 bits per heavy atom. The molecule has 1 heterocycles. The maximum atomic E-state index is 9.72. The van der Waals surface area contributed by atoms with E-state index < -0.39 is 0 Å². The van der Waals surface area contributed by atoms with Gasteiger partial charge in [-0.25, -0.2) is 4.98 Å². The van der Waals surface area contributed by atoms with Crippen molar-refractivity contribution in [2.45, 2.75) is 26.3 Å². The molecular weight excluding hydrogens is 248 g/mol. The molecule has 3 rings (SSSR count). The second-order valence-electron chi connectivity index (χ2n) is 4.98. The summed E-state index contributed by atoms with van der Waals surface area (Å²) in [6.45, 7) is 3.10. The Labute approximate surface area is 118 Å².